The van der Waals surface area contributed by atoms with Gasteiger partial charge in [-0.3, -0.25) is 9.59 Å². The maximum atomic E-state index is 12.4. The predicted molar refractivity (Wildman–Crippen MR) is 87.6 cm³/mol. The van der Waals surface area contributed by atoms with E-state index in [9.17, 15) is 19.6 Å². The van der Waals surface area contributed by atoms with Crippen LogP contribution in [0.4, 0.5) is 0 Å². The second kappa shape index (κ2) is 8.04. The van der Waals surface area contributed by atoms with Gasteiger partial charge in [0.05, 0.1) is 24.2 Å². The lowest BCUT2D eigenvalue weighted by atomic mass is 9.99. The molecule has 25 heavy (non-hydrogen) atoms. The van der Waals surface area contributed by atoms with Crippen LogP contribution in [0.2, 0.25) is 0 Å². The lowest BCUT2D eigenvalue weighted by molar-refractivity contribution is -0.145. The topological polar surface area (TPSA) is 131 Å². The van der Waals surface area contributed by atoms with Gasteiger partial charge in [0, 0.05) is 0 Å². The second-order valence-corrected chi connectivity index (χ2v) is 4.86. The number of oxime groups is 1. The molecule has 0 aliphatic rings. The molecule has 2 aromatic rings. The molecule has 1 atom stereocenters. The van der Waals surface area contributed by atoms with Crippen molar-refractivity contribution < 1.29 is 24.3 Å². The Kier molecular flexibility index (Phi) is 5.83. The molecular formula is C16H17N3O6. The summed E-state index contributed by atoms with van der Waals surface area (Å²) in [6.45, 7) is 3.11. The number of aromatic amines is 1. The minimum Gasteiger partial charge on any atom is -0.465 e. The summed E-state index contributed by atoms with van der Waals surface area (Å²) in [5.41, 5.74) is -0.848. The first-order valence-electron chi connectivity index (χ1n) is 7.58. The van der Waals surface area contributed by atoms with Crippen molar-refractivity contribution in [2.45, 2.75) is 19.8 Å². The van der Waals surface area contributed by atoms with Crippen LogP contribution in [-0.4, -0.2) is 46.0 Å². The first-order chi connectivity index (χ1) is 12.0. The highest BCUT2D eigenvalue weighted by Crippen LogP contribution is 2.18. The second-order valence-electron chi connectivity index (χ2n) is 4.86. The van der Waals surface area contributed by atoms with Crippen molar-refractivity contribution in [1.29, 1.82) is 0 Å². The van der Waals surface area contributed by atoms with Crippen molar-refractivity contribution in [1.82, 2.24) is 9.97 Å². The van der Waals surface area contributed by atoms with E-state index in [4.69, 9.17) is 9.47 Å². The largest absolute Gasteiger partial charge is 0.465 e. The third kappa shape index (κ3) is 3.82. The van der Waals surface area contributed by atoms with Gasteiger partial charge in [-0.2, -0.15) is 0 Å². The number of fused-ring (bicyclic) bond motifs is 1. The van der Waals surface area contributed by atoms with Crippen LogP contribution in [0.1, 0.15) is 25.5 Å². The number of para-hydroxylation sites is 2. The molecule has 0 bridgehead atoms. The number of benzene rings is 1. The van der Waals surface area contributed by atoms with Crippen LogP contribution in [0.25, 0.3) is 11.0 Å². The number of carbonyl (C=O) groups is 2. The lowest BCUT2D eigenvalue weighted by Gasteiger charge is -2.15. The Morgan fingerprint density at radius 1 is 1.24 bits per heavy atom. The molecule has 2 N–H and O–H groups in total. The van der Waals surface area contributed by atoms with Crippen molar-refractivity contribution >= 4 is 28.7 Å². The van der Waals surface area contributed by atoms with E-state index in [2.05, 4.69) is 15.1 Å². The molecule has 1 heterocycles. The Bertz CT molecular complexity index is 874. The zero-order valence-electron chi connectivity index (χ0n) is 13.7. The van der Waals surface area contributed by atoms with Crippen LogP contribution in [0.15, 0.2) is 34.2 Å². The number of ether oxygens (including phenoxy) is 2. The first-order valence-corrected chi connectivity index (χ1v) is 7.58. The fourth-order valence-corrected chi connectivity index (χ4v) is 2.24. The van der Waals surface area contributed by atoms with Gasteiger partial charge >= 0.3 is 11.9 Å². The number of aromatic nitrogens is 2. The quantitative estimate of drug-likeness (QED) is 0.344. The summed E-state index contributed by atoms with van der Waals surface area (Å²) >= 11 is 0. The summed E-state index contributed by atoms with van der Waals surface area (Å²) in [7, 11) is 0. The number of carbonyl (C=O) groups excluding carboxylic acids is 2. The number of esters is 2. The Hall–Kier alpha value is -3.23. The van der Waals surface area contributed by atoms with Gasteiger partial charge in [-0.1, -0.05) is 17.3 Å². The lowest BCUT2D eigenvalue weighted by Crippen LogP contribution is -2.36. The summed E-state index contributed by atoms with van der Waals surface area (Å²) in [6.07, 6.45) is 0. The molecule has 1 aromatic carbocycles. The van der Waals surface area contributed by atoms with E-state index in [1.165, 1.54) is 0 Å². The van der Waals surface area contributed by atoms with Crippen LogP contribution in [0, 0.1) is 0 Å². The number of nitrogens with one attached hydrogen (secondary N) is 1. The number of hydrogen-bond acceptors (Lipinski definition) is 8. The van der Waals surface area contributed by atoms with E-state index >= 15 is 0 Å². The van der Waals surface area contributed by atoms with Gasteiger partial charge in [-0.25, -0.2) is 9.78 Å². The molecule has 9 nitrogen and oxygen atoms in total. The fraction of sp³-hybridized carbons (Fsp3) is 0.312. The standard InChI is InChI=1S/C16H17N3O6/c1-3-24-15(21)11(13(19-23)16(22)25-4-2)12-14(20)18-10-8-6-5-7-9(10)17-12/h5-8,11,23H,3-4H2,1-2H3,(H,18,20). The van der Waals surface area contributed by atoms with Crippen molar-refractivity contribution in [2.24, 2.45) is 5.16 Å². The van der Waals surface area contributed by atoms with Crippen LogP contribution in [0.3, 0.4) is 0 Å². The summed E-state index contributed by atoms with van der Waals surface area (Å²) in [4.78, 5) is 43.4. The molecule has 0 saturated carbocycles. The van der Waals surface area contributed by atoms with Crippen molar-refractivity contribution in [3.8, 4) is 0 Å². The first kappa shape index (κ1) is 18.1. The van der Waals surface area contributed by atoms with E-state index in [-0.39, 0.29) is 18.9 Å². The van der Waals surface area contributed by atoms with Crippen molar-refractivity contribution in [3.05, 3.63) is 40.3 Å². The molecule has 0 amide bonds. The molecule has 0 aliphatic heterocycles. The Balaban J connectivity index is 2.63. The minimum absolute atomic E-state index is 0.00233. The van der Waals surface area contributed by atoms with E-state index in [0.29, 0.717) is 11.0 Å². The van der Waals surface area contributed by atoms with Crippen LogP contribution in [-0.2, 0) is 19.1 Å². The van der Waals surface area contributed by atoms with Gasteiger partial charge in [0.15, 0.2) is 11.6 Å². The number of hydrogen-bond donors (Lipinski definition) is 2. The highest BCUT2D eigenvalue weighted by atomic mass is 16.5. The van der Waals surface area contributed by atoms with Crippen molar-refractivity contribution in [3.63, 3.8) is 0 Å². The summed E-state index contributed by atoms with van der Waals surface area (Å²) in [5, 5.41) is 12.1. The zero-order chi connectivity index (χ0) is 18.4. The van der Waals surface area contributed by atoms with Gasteiger partial charge in [-0.05, 0) is 26.0 Å². The van der Waals surface area contributed by atoms with E-state index in [1.807, 2.05) is 0 Å². The summed E-state index contributed by atoms with van der Waals surface area (Å²) < 4.78 is 9.68. The van der Waals surface area contributed by atoms with Crippen LogP contribution in [0.5, 0.6) is 0 Å². The Labute approximate surface area is 142 Å². The monoisotopic (exact) mass is 347 g/mol. The Morgan fingerprint density at radius 3 is 2.56 bits per heavy atom. The highest BCUT2D eigenvalue weighted by Gasteiger charge is 2.37. The molecule has 9 heteroatoms. The normalized spacial score (nSPS) is 12.6. The number of rotatable bonds is 6. The zero-order valence-corrected chi connectivity index (χ0v) is 13.7. The minimum atomic E-state index is -1.61. The molecule has 1 unspecified atom stereocenters. The van der Waals surface area contributed by atoms with E-state index in [0.717, 1.165) is 0 Å². The summed E-state index contributed by atoms with van der Waals surface area (Å²) in [5.74, 6) is -3.61. The predicted octanol–water partition coefficient (Wildman–Crippen LogP) is 0.963. The third-order valence-electron chi connectivity index (χ3n) is 3.29. The molecule has 0 radical (unpaired) electrons. The Morgan fingerprint density at radius 2 is 1.92 bits per heavy atom. The molecule has 0 aliphatic carbocycles. The van der Waals surface area contributed by atoms with Gasteiger partial charge in [0.1, 0.15) is 5.69 Å². The molecule has 0 saturated heterocycles. The maximum absolute atomic E-state index is 12.4. The van der Waals surface area contributed by atoms with Gasteiger partial charge in [0.25, 0.3) is 5.56 Å². The molecule has 0 spiro atoms. The van der Waals surface area contributed by atoms with Crippen LogP contribution < -0.4 is 5.56 Å². The van der Waals surface area contributed by atoms with E-state index < -0.39 is 29.1 Å². The molecule has 0 fully saturated rings. The maximum Gasteiger partial charge on any atom is 0.357 e. The third-order valence-corrected chi connectivity index (χ3v) is 3.29. The van der Waals surface area contributed by atoms with Gasteiger partial charge in [0.2, 0.25) is 0 Å². The molecule has 132 valence electrons. The summed E-state index contributed by atoms with van der Waals surface area (Å²) in [6, 6.07) is 6.67. The SMILES string of the molecule is CCOC(=O)C(=NO)C(C(=O)OCC)c1nc2ccccc2[nH]c1=O. The van der Waals surface area contributed by atoms with Gasteiger partial charge in [-0.15, -0.1) is 0 Å². The van der Waals surface area contributed by atoms with E-state index in [1.54, 1.807) is 38.1 Å². The number of nitrogens with zero attached hydrogens (tertiary/aromatic N) is 2. The highest BCUT2D eigenvalue weighted by molar-refractivity contribution is 6.42. The molecule has 2 rings (SSSR count). The van der Waals surface area contributed by atoms with Gasteiger partial charge < -0.3 is 19.7 Å². The van der Waals surface area contributed by atoms with Crippen LogP contribution >= 0.6 is 0 Å². The average Bonchev–Trinajstić information content (AvgIpc) is 2.59. The average molecular weight is 347 g/mol. The smallest absolute Gasteiger partial charge is 0.357 e. The van der Waals surface area contributed by atoms with Crippen molar-refractivity contribution in [2.75, 3.05) is 13.2 Å². The molecule has 1 aromatic heterocycles. The fourth-order valence-electron chi connectivity index (χ4n) is 2.24. The molecular weight excluding hydrogens is 330 g/mol. The number of H-pyrrole nitrogens is 1.